The van der Waals surface area contributed by atoms with Crippen molar-refractivity contribution < 1.29 is 0 Å². The number of hydrogen-bond donors (Lipinski definition) is 0. The second-order valence-corrected chi connectivity index (χ2v) is 7.91. The van der Waals surface area contributed by atoms with Gasteiger partial charge in [-0.1, -0.05) is 34.1 Å². The minimum Gasteiger partial charge on any atom is -0.257 e. The smallest absolute Gasteiger partial charge is 0.0511 e. The third-order valence-electron chi connectivity index (χ3n) is 4.44. The van der Waals surface area contributed by atoms with Crippen LogP contribution in [0.15, 0.2) is 56.0 Å². The van der Waals surface area contributed by atoms with Gasteiger partial charge in [-0.3, -0.25) is 4.99 Å². The normalized spacial score (nSPS) is 24.9. The Balaban J connectivity index is 1.87. The Morgan fingerprint density at radius 2 is 2.14 bits per heavy atom. The minimum absolute atomic E-state index is 0.426. The lowest BCUT2D eigenvalue weighted by molar-refractivity contribution is 0.792. The van der Waals surface area contributed by atoms with E-state index >= 15 is 0 Å². The lowest BCUT2D eigenvalue weighted by atomic mass is 9.80. The zero-order valence-electron chi connectivity index (χ0n) is 11.9. The molecule has 0 bridgehead atoms. The van der Waals surface area contributed by atoms with Crippen LogP contribution in [0.4, 0.5) is 0 Å². The molecular formula is C18H18BrNS. The summed E-state index contributed by atoms with van der Waals surface area (Å²) in [4.78, 5) is 6.53. The molecule has 108 valence electrons. The summed E-state index contributed by atoms with van der Waals surface area (Å²) in [6.45, 7) is 0. The Morgan fingerprint density at radius 1 is 1.19 bits per heavy atom. The van der Waals surface area contributed by atoms with Gasteiger partial charge in [-0.15, -0.1) is 11.8 Å². The zero-order valence-corrected chi connectivity index (χ0v) is 14.3. The summed E-state index contributed by atoms with van der Waals surface area (Å²) in [5, 5.41) is 0. The number of rotatable bonds is 1. The first-order valence-corrected chi connectivity index (χ1v) is 9.50. The van der Waals surface area contributed by atoms with Crippen molar-refractivity contribution in [1.29, 1.82) is 0 Å². The molecule has 3 aliphatic rings. The highest BCUT2D eigenvalue weighted by molar-refractivity contribution is 9.10. The summed E-state index contributed by atoms with van der Waals surface area (Å²) in [5.74, 6) is 1.66. The number of halogens is 1. The molecule has 4 rings (SSSR count). The molecule has 0 N–H and O–H groups in total. The van der Waals surface area contributed by atoms with Crippen molar-refractivity contribution in [1.82, 2.24) is 0 Å². The van der Waals surface area contributed by atoms with Crippen LogP contribution in [0.2, 0.25) is 0 Å². The van der Waals surface area contributed by atoms with Crippen LogP contribution in [0.5, 0.6) is 0 Å². The Labute approximate surface area is 138 Å². The molecule has 0 fully saturated rings. The van der Waals surface area contributed by atoms with Crippen molar-refractivity contribution in [2.45, 2.75) is 38.0 Å². The third-order valence-corrected chi connectivity index (χ3v) is 6.21. The fourth-order valence-electron chi connectivity index (χ4n) is 3.50. The molecule has 0 saturated carbocycles. The predicted molar refractivity (Wildman–Crippen MR) is 95.0 cm³/mol. The Hall–Kier alpha value is -0.800. The minimum atomic E-state index is 0.426. The van der Waals surface area contributed by atoms with Crippen LogP contribution < -0.4 is 0 Å². The van der Waals surface area contributed by atoms with Gasteiger partial charge in [-0.05, 0) is 61.1 Å². The van der Waals surface area contributed by atoms with Gasteiger partial charge >= 0.3 is 0 Å². The monoisotopic (exact) mass is 359 g/mol. The molecule has 2 heterocycles. The molecule has 1 unspecified atom stereocenters. The maximum absolute atomic E-state index is 5.02. The molecule has 0 saturated heterocycles. The molecule has 1 atom stereocenters. The highest BCUT2D eigenvalue weighted by atomic mass is 79.9. The molecular weight excluding hydrogens is 342 g/mol. The van der Waals surface area contributed by atoms with Crippen LogP contribution in [0.3, 0.4) is 0 Å². The number of aliphatic imine (C=N–C) groups is 1. The van der Waals surface area contributed by atoms with Crippen LogP contribution >= 0.6 is 27.7 Å². The van der Waals surface area contributed by atoms with Crippen LogP contribution in [-0.4, -0.2) is 11.5 Å². The third kappa shape index (κ3) is 2.55. The average molecular weight is 360 g/mol. The van der Waals surface area contributed by atoms with Gasteiger partial charge in [0.25, 0.3) is 0 Å². The van der Waals surface area contributed by atoms with Crippen molar-refractivity contribution in [2.75, 3.05) is 5.75 Å². The van der Waals surface area contributed by atoms with E-state index in [9.17, 15) is 0 Å². The maximum atomic E-state index is 5.02. The van der Waals surface area contributed by atoms with Crippen molar-refractivity contribution in [3.63, 3.8) is 0 Å². The average Bonchev–Trinajstić information content (AvgIpc) is 2.52. The van der Waals surface area contributed by atoms with Gasteiger partial charge in [0, 0.05) is 21.0 Å². The lowest BCUT2D eigenvalue weighted by Crippen LogP contribution is -2.22. The molecule has 1 aliphatic carbocycles. The molecule has 1 nitrogen and oxygen atoms in total. The second-order valence-electron chi connectivity index (χ2n) is 5.86. The van der Waals surface area contributed by atoms with Gasteiger partial charge in [0.2, 0.25) is 0 Å². The zero-order chi connectivity index (χ0) is 14.2. The fraction of sp³-hybridized carbons (Fsp3) is 0.389. The van der Waals surface area contributed by atoms with Gasteiger partial charge in [-0.25, -0.2) is 0 Å². The standard InChI is InChI=1S/C18H18BrNS/c19-13-6-3-5-12(11-13)17-14-7-1-2-8-15(14)20-16-9-4-10-21-18(16)17/h3,5-7,11,17H,1-2,4,8-10H2. The number of allylic oxidation sites excluding steroid dienone is 4. The topological polar surface area (TPSA) is 12.4 Å². The van der Waals surface area contributed by atoms with Crippen LogP contribution in [0.25, 0.3) is 0 Å². The van der Waals surface area contributed by atoms with Crippen molar-refractivity contribution in [3.05, 3.63) is 56.6 Å². The Kier molecular flexibility index (Phi) is 3.80. The van der Waals surface area contributed by atoms with Gasteiger partial charge < -0.3 is 0 Å². The summed E-state index contributed by atoms with van der Waals surface area (Å²) in [6, 6.07) is 8.82. The van der Waals surface area contributed by atoms with E-state index in [-0.39, 0.29) is 0 Å². The van der Waals surface area contributed by atoms with Gasteiger partial charge in [-0.2, -0.15) is 0 Å². The molecule has 1 aromatic rings. The molecule has 0 aromatic heterocycles. The van der Waals surface area contributed by atoms with Crippen molar-refractivity contribution in [3.8, 4) is 0 Å². The van der Waals surface area contributed by atoms with Crippen molar-refractivity contribution in [2.24, 2.45) is 4.99 Å². The highest BCUT2D eigenvalue weighted by Gasteiger charge is 2.33. The summed E-state index contributed by atoms with van der Waals surface area (Å²) in [6.07, 6.45) is 8.47. The van der Waals surface area contributed by atoms with E-state index in [1.54, 1.807) is 0 Å². The fourth-order valence-corrected chi connectivity index (χ4v) is 5.17. The molecule has 0 spiro atoms. The van der Waals surface area contributed by atoms with Crippen LogP contribution in [0, 0.1) is 0 Å². The quantitative estimate of drug-likeness (QED) is 0.613. The molecule has 1 aromatic carbocycles. The van der Waals surface area contributed by atoms with Crippen LogP contribution in [-0.2, 0) is 0 Å². The van der Waals surface area contributed by atoms with E-state index in [1.807, 2.05) is 11.8 Å². The number of thioether (sulfide) groups is 1. The summed E-state index contributed by atoms with van der Waals surface area (Å²) in [7, 11) is 0. The first kappa shape index (κ1) is 13.8. The maximum Gasteiger partial charge on any atom is 0.0511 e. The van der Waals surface area contributed by atoms with E-state index in [2.05, 4.69) is 46.3 Å². The van der Waals surface area contributed by atoms with E-state index in [4.69, 9.17) is 4.99 Å². The summed E-state index contributed by atoms with van der Waals surface area (Å²) >= 11 is 5.66. The first-order chi connectivity index (χ1) is 10.3. The molecule has 3 heteroatoms. The number of nitrogens with zero attached hydrogens (tertiary/aromatic N) is 1. The number of benzene rings is 1. The molecule has 21 heavy (non-hydrogen) atoms. The molecule has 2 aliphatic heterocycles. The Bertz CT molecular complexity index is 672. The summed E-state index contributed by atoms with van der Waals surface area (Å²) < 4.78 is 1.17. The largest absolute Gasteiger partial charge is 0.257 e. The van der Waals surface area contributed by atoms with E-state index < -0.39 is 0 Å². The molecule has 0 radical (unpaired) electrons. The van der Waals surface area contributed by atoms with E-state index in [0.717, 1.165) is 12.8 Å². The predicted octanol–water partition coefficient (Wildman–Crippen LogP) is 5.84. The van der Waals surface area contributed by atoms with Gasteiger partial charge in [0.05, 0.1) is 5.70 Å². The second kappa shape index (κ2) is 5.77. The van der Waals surface area contributed by atoms with Gasteiger partial charge in [0.1, 0.15) is 0 Å². The highest BCUT2D eigenvalue weighted by Crippen LogP contribution is 2.49. The Morgan fingerprint density at radius 3 is 3.05 bits per heavy atom. The van der Waals surface area contributed by atoms with E-state index in [0.29, 0.717) is 5.92 Å². The summed E-state index contributed by atoms with van der Waals surface area (Å²) in [5.41, 5.74) is 5.61. The lowest BCUT2D eigenvalue weighted by Gasteiger charge is -2.34. The first-order valence-electron chi connectivity index (χ1n) is 7.72. The molecule has 0 amide bonds. The van der Waals surface area contributed by atoms with Crippen LogP contribution in [0.1, 0.15) is 43.6 Å². The number of hydrogen-bond acceptors (Lipinski definition) is 2. The van der Waals surface area contributed by atoms with E-state index in [1.165, 1.54) is 56.9 Å². The SMILES string of the molecule is Brc1cccc(C2C3=CCCCC3=NC3=C2SCCC3)c1. The van der Waals surface area contributed by atoms with Crippen molar-refractivity contribution >= 4 is 33.4 Å². The van der Waals surface area contributed by atoms with Gasteiger partial charge in [0.15, 0.2) is 0 Å². The number of fused-ring (bicyclic) bond motifs is 1.